The van der Waals surface area contributed by atoms with Crippen LogP contribution >= 0.6 is 0 Å². The predicted molar refractivity (Wildman–Crippen MR) is 88.3 cm³/mol. The van der Waals surface area contributed by atoms with Crippen molar-refractivity contribution < 1.29 is 9.85 Å². The predicted octanol–water partition coefficient (Wildman–Crippen LogP) is 4.42. The van der Waals surface area contributed by atoms with Crippen LogP contribution in [-0.4, -0.2) is 16.4 Å². The molecule has 0 N–H and O–H groups in total. The standard InChI is InChI=1S/C15H15N5O4/c1-2-9-18(13-6-4-8-15(11-13)20(23)24)17-16-12-5-3-7-14(10-12)19(21)22/h3-8,10-11H,2,9H2,1H3. The maximum Gasteiger partial charge on any atom is 0.271 e. The van der Waals surface area contributed by atoms with Crippen molar-refractivity contribution >= 4 is 22.7 Å². The van der Waals surface area contributed by atoms with Gasteiger partial charge in [0, 0.05) is 30.8 Å². The highest BCUT2D eigenvalue weighted by Gasteiger charge is 2.11. The first-order valence-electron chi connectivity index (χ1n) is 7.19. The number of anilines is 1. The van der Waals surface area contributed by atoms with Crippen LogP contribution in [0, 0.1) is 20.2 Å². The minimum atomic E-state index is -0.511. The Morgan fingerprint density at radius 3 is 2.25 bits per heavy atom. The summed E-state index contributed by atoms with van der Waals surface area (Å²) in [4.78, 5) is 20.7. The summed E-state index contributed by atoms with van der Waals surface area (Å²) in [5, 5.41) is 31.2. The highest BCUT2D eigenvalue weighted by Crippen LogP contribution is 2.24. The summed E-state index contributed by atoms with van der Waals surface area (Å²) in [6, 6.07) is 11.8. The molecule has 0 radical (unpaired) electrons. The van der Waals surface area contributed by atoms with Crippen molar-refractivity contribution in [2.75, 3.05) is 11.6 Å². The van der Waals surface area contributed by atoms with Crippen LogP contribution in [0.5, 0.6) is 0 Å². The zero-order valence-electron chi connectivity index (χ0n) is 12.9. The first kappa shape index (κ1) is 17.0. The lowest BCUT2D eigenvalue weighted by atomic mass is 10.2. The molecule has 0 unspecified atom stereocenters. The smallest absolute Gasteiger partial charge is 0.258 e. The summed E-state index contributed by atoms with van der Waals surface area (Å²) in [6.45, 7) is 2.44. The Bertz CT molecular complexity index is 778. The van der Waals surface area contributed by atoms with Crippen LogP contribution in [0.25, 0.3) is 0 Å². The Morgan fingerprint density at radius 1 is 1.00 bits per heavy atom. The molecule has 0 spiro atoms. The Hall–Kier alpha value is -3.36. The lowest BCUT2D eigenvalue weighted by Crippen LogP contribution is -2.16. The maximum atomic E-state index is 10.9. The van der Waals surface area contributed by atoms with Crippen LogP contribution in [0.1, 0.15) is 13.3 Å². The van der Waals surface area contributed by atoms with E-state index in [1.54, 1.807) is 18.2 Å². The number of nitro groups is 2. The molecule has 0 aliphatic carbocycles. The van der Waals surface area contributed by atoms with E-state index in [-0.39, 0.29) is 11.4 Å². The molecule has 0 saturated heterocycles. The van der Waals surface area contributed by atoms with E-state index in [0.717, 1.165) is 6.42 Å². The van der Waals surface area contributed by atoms with Crippen molar-refractivity contribution in [3.05, 3.63) is 68.8 Å². The van der Waals surface area contributed by atoms with E-state index >= 15 is 0 Å². The SMILES string of the molecule is CCCN(N=Nc1cccc([N+](=O)[O-])c1)c1cccc([N+](=O)[O-])c1. The van der Waals surface area contributed by atoms with Crippen molar-refractivity contribution in [3.8, 4) is 0 Å². The summed E-state index contributed by atoms with van der Waals surface area (Å²) in [5.41, 5.74) is 0.735. The van der Waals surface area contributed by atoms with Gasteiger partial charge < -0.3 is 0 Å². The van der Waals surface area contributed by atoms with Gasteiger partial charge in [-0.15, -0.1) is 5.11 Å². The molecule has 0 amide bonds. The normalized spacial score (nSPS) is 10.7. The number of rotatable bonds is 7. The summed E-state index contributed by atoms with van der Waals surface area (Å²) < 4.78 is 0. The van der Waals surface area contributed by atoms with E-state index < -0.39 is 9.85 Å². The number of benzene rings is 2. The first-order chi connectivity index (χ1) is 11.5. The van der Waals surface area contributed by atoms with Gasteiger partial charge in [0.05, 0.1) is 21.2 Å². The van der Waals surface area contributed by atoms with Crippen molar-refractivity contribution in [1.29, 1.82) is 0 Å². The maximum absolute atomic E-state index is 10.9. The molecule has 9 heteroatoms. The molecule has 2 aromatic rings. The lowest BCUT2D eigenvalue weighted by molar-refractivity contribution is -0.385. The quantitative estimate of drug-likeness (QED) is 0.423. The van der Waals surface area contributed by atoms with Gasteiger partial charge in [0.15, 0.2) is 0 Å². The first-order valence-corrected chi connectivity index (χ1v) is 7.19. The molecular formula is C15H15N5O4. The molecule has 2 rings (SSSR count). The minimum absolute atomic E-state index is 0.0425. The second-order valence-electron chi connectivity index (χ2n) is 4.87. The topological polar surface area (TPSA) is 114 Å². The van der Waals surface area contributed by atoms with Crippen molar-refractivity contribution in [2.24, 2.45) is 10.3 Å². The van der Waals surface area contributed by atoms with Gasteiger partial charge in [-0.1, -0.05) is 24.3 Å². The molecule has 24 heavy (non-hydrogen) atoms. The largest absolute Gasteiger partial charge is 0.271 e. The molecule has 0 aromatic heterocycles. The van der Waals surface area contributed by atoms with Crippen LogP contribution in [-0.2, 0) is 0 Å². The van der Waals surface area contributed by atoms with E-state index in [9.17, 15) is 20.2 Å². The van der Waals surface area contributed by atoms with Gasteiger partial charge in [0.1, 0.15) is 0 Å². The summed E-state index contributed by atoms with van der Waals surface area (Å²) >= 11 is 0. The fraction of sp³-hybridized carbons (Fsp3) is 0.200. The Kier molecular flexibility index (Phi) is 5.50. The van der Waals surface area contributed by atoms with Gasteiger partial charge in [0.25, 0.3) is 11.4 Å². The van der Waals surface area contributed by atoms with E-state index in [1.165, 1.54) is 35.3 Å². The van der Waals surface area contributed by atoms with Gasteiger partial charge in [0.2, 0.25) is 0 Å². The van der Waals surface area contributed by atoms with Gasteiger partial charge in [-0.3, -0.25) is 20.2 Å². The second kappa shape index (κ2) is 7.77. The summed E-state index contributed by atoms with van der Waals surface area (Å²) in [7, 11) is 0. The summed E-state index contributed by atoms with van der Waals surface area (Å²) in [5.74, 6) is 0. The van der Waals surface area contributed by atoms with Gasteiger partial charge >= 0.3 is 0 Å². The summed E-state index contributed by atoms with van der Waals surface area (Å²) in [6.07, 6.45) is 0.747. The Labute approximate surface area is 137 Å². The molecule has 0 saturated carbocycles. The van der Waals surface area contributed by atoms with Gasteiger partial charge in [-0.25, -0.2) is 5.01 Å². The molecule has 0 aliphatic heterocycles. The van der Waals surface area contributed by atoms with Crippen LogP contribution in [0.2, 0.25) is 0 Å². The fourth-order valence-corrected chi connectivity index (χ4v) is 1.98. The molecule has 0 aliphatic rings. The third-order valence-corrected chi connectivity index (χ3v) is 3.08. The zero-order chi connectivity index (χ0) is 17.5. The molecule has 0 fully saturated rings. The highest BCUT2D eigenvalue weighted by atomic mass is 16.6. The molecule has 9 nitrogen and oxygen atoms in total. The second-order valence-corrected chi connectivity index (χ2v) is 4.87. The number of nitrogens with zero attached hydrogens (tertiary/aromatic N) is 5. The third kappa shape index (κ3) is 4.32. The monoisotopic (exact) mass is 329 g/mol. The molecule has 0 bridgehead atoms. The minimum Gasteiger partial charge on any atom is -0.258 e. The van der Waals surface area contributed by atoms with E-state index in [1.807, 2.05) is 6.92 Å². The highest BCUT2D eigenvalue weighted by molar-refractivity contribution is 5.52. The number of hydrogen-bond donors (Lipinski definition) is 0. The van der Waals surface area contributed by atoms with Crippen LogP contribution in [0.3, 0.4) is 0 Å². The number of hydrogen-bond acceptors (Lipinski definition) is 6. The van der Waals surface area contributed by atoms with Crippen LogP contribution < -0.4 is 5.01 Å². The molecular weight excluding hydrogens is 314 g/mol. The van der Waals surface area contributed by atoms with E-state index in [0.29, 0.717) is 17.9 Å². The van der Waals surface area contributed by atoms with Crippen molar-refractivity contribution in [1.82, 2.24) is 0 Å². The molecule has 0 heterocycles. The van der Waals surface area contributed by atoms with Crippen LogP contribution in [0.4, 0.5) is 22.7 Å². The average Bonchev–Trinajstić information content (AvgIpc) is 2.59. The third-order valence-electron chi connectivity index (χ3n) is 3.08. The molecule has 2 aromatic carbocycles. The van der Waals surface area contributed by atoms with Crippen molar-refractivity contribution in [2.45, 2.75) is 13.3 Å². The van der Waals surface area contributed by atoms with Crippen LogP contribution in [0.15, 0.2) is 58.9 Å². The number of non-ortho nitro benzene ring substituents is 2. The average molecular weight is 329 g/mol. The van der Waals surface area contributed by atoms with E-state index in [2.05, 4.69) is 10.3 Å². The van der Waals surface area contributed by atoms with Crippen molar-refractivity contribution in [3.63, 3.8) is 0 Å². The Morgan fingerprint density at radius 2 is 1.62 bits per heavy atom. The lowest BCUT2D eigenvalue weighted by Gasteiger charge is -2.16. The van der Waals surface area contributed by atoms with Gasteiger partial charge in [-0.05, 0) is 18.6 Å². The fourth-order valence-electron chi connectivity index (χ4n) is 1.98. The Balaban J connectivity index is 2.28. The van der Waals surface area contributed by atoms with E-state index in [4.69, 9.17) is 0 Å². The molecule has 124 valence electrons. The zero-order valence-corrected chi connectivity index (χ0v) is 12.9. The van der Waals surface area contributed by atoms with Gasteiger partial charge in [-0.2, -0.15) is 0 Å². The number of nitro benzene ring substituents is 2. The molecule has 0 atom stereocenters.